The first-order valence-corrected chi connectivity index (χ1v) is 8.17. The maximum atomic E-state index is 13.7. The molecule has 0 saturated heterocycles. The quantitative estimate of drug-likeness (QED) is 0.617. The zero-order chi connectivity index (χ0) is 20.3. The second-order valence-corrected chi connectivity index (χ2v) is 6.03. The number of hydrogen-bond donors (Lipinski definition) is 2. The van der Waals surface area contributed by atoms with Crippen molar-refractivity contribution in [3.8, 4) is 5.69 Å². The maximum absolute atomic E-state index is 13.7. The molecular weight excluding hydrogens is 402 g/mol. The number of hydrogen-bond acceptors (Lipinski definition) is 4. The number of halogens is 5. The molecule has 0 spiro atoms. The average Bonchev–Trinajstić information content (AvgIpc) is 3.14. The average molecular weight is 414 g/mol. The minimum absolute atomic E-state index is 0.0279. The van der Waals surface area contributed by atoms with Crippen molar-refractivity contribution in [3.63, 3.8) is 0 Å². The fourth-order valence-corrected chi connectivity index (χ4v) is 2.51. The van der Waals surface area contributed by atoms with Crippen LogP contribution in [0, 0.1) is 5.82 Å². The number of carbonyl (C=O) groups is 1. The van der Waals surface area contributed by atoms with Crippen LogP contribution in [-0.4, -0.2) is 27.2 Å². The maximum Gasteiger partial charge on any atom is 0.416 e. The van der Waals surface area contributed by atoms with Crippen LogP contribution in [-0.2, 0) is 11.0 Å². The monoisotopic (exact) mass is 413 g/mol. The summed E-state index contributed by atoms with van der Waals surface area (Å²) in [5, 5.41) is 8.97. The Kier molecular flexibility index (Phi) is 5.50. The Morgan fingerprint density at radius 2 is 1.93 bits per heavy atom. The number of benzene rings is 2. The predicted octanol–water partition coefficient (Wildman–Crippen LogP) is 4.13. The van der Waals surface area contributed by atoms with Crippen molar-refractivity contribution >= 4 is 28.9 Å². The fourth-order valence-electron chi connectivity index (χ4n) is 2.35. The largest absolute Gasteiger partial charge is 0.416 e. The smallest absolute Gasteiger partial charge is 0.374 e. The van der Waals surface area contributed by atoms with Crippen LogP contribution in [0.25, 0.3) is 5.69 Å². The van der Waals surface area contributed by atoms with Gasteiger partial charge in [0.25, 0.3) is 0 Å². The lowest BCUT2D eigenvalue weighted by Gasteiger charge is -2.15. The van der Waals surface area contributed by atoms with Crippen LogP contribution in [0.1, 0.15) is 5.56 Å². The summed E-state index contributed by atoms with van der Waals surface area (Å²) in [6.45, 7) is -0.383. The molecule has 0 saturated carbocycles. The molecule has 28 heavy (non-hydrogen) atoms. The normalized spacial score (nSPS) is 11.3. The van der Waals surface area contributed by atoms with Crippen molar-refractivity contribution < 1.29 is 22.4 Å². The lowest BCUT2D eigenvalue weighted by atomic mass is 10.1. The van der Waals surface area contributed by atoms with E-state index in [9.17, 15) is 22.4 Å². The zero-order valence-electron chi connectivity index (χ0n) is 14.0. The van der Waals surface area contributed by atoms with Crippen LogP contribution in [0.5, 0.6) is 0 Å². The SMILES string of the molecule is O=C(CNc1ccc(Cl)cc1F)Nc1cc(C(F)(F)F)ccc1-n1cncn1. The number of anilines is 2. The summed E-state index contributed by atoms with van der Waals surface area (Å²) < 4.78 is 54.0. The highest BCUT2D eigenvalue weighted by molar-refractivity contribution is 6.30. The first-order valence-electron chi connectivity index (χ1n) is 7.79. The highest BCUT2D eigenvalue weighted by atomic mass is 35.5. The Morgan fingerprint density at radius 1 is 1.14 bits per heavy atom. The number of amides is 1. The molecule has 1 heterocycles. The molecule has 0 unspecified atom stereocenters. The van der Waals surface area contributed by atoms with Gasteiger partial charge in [0, 0.05) is 5.02 Å². The molecule has 3 aromatic rings. The Balaban J connectivity index is 1.80. The van der Waals surface area contributed by atoms with Gasteiger partial charge in [0.1, 0.15) is 18.5 Å². The van der Waals surface area contributed by atoms with Gasteiger partial charge >= 0.3 is 6.18 Å². The van der Waals surface area contributed by atoms with E-state index in [0.29, 0.717) is 0 Å². The van der Waals surface area contributed by atoms with Gasteiger partial charge in [0.2, 0.25) is 5.91 Å². The van der Waals surface area contributed by atoms with E-state index in [1.54, 1.807) is 0 Å². The number of rotatable bonds is 5. The molecule has 146 valence electrons. The molecule has 1 amide bonds. The van der Waals surface area contributed by atoms with Gasteiger partial charge in [-0.1, -0.05) is 11.6 Å². The van der Waals surface area contributed by atoms with E-state index in [-0.39, 0.29) is 28.6 Å². The third-order valence-corrected chi connectivity index (χ3v) is 3.87. The Hall–Kier alpha value is -3.14. The first kappa shape index (κ1) is 19.6. The summed E-state index contributed by atoms with van der Waals surface area (Å²) in [7, 11) is 0. The second kappa shape index (κ2) is 7.85. The molecule has 1 aromatic heterocycles. The van der Waals surface area contributed by atoms with Crippen LogP contribution < -0.4 is 10.6 Å². The lowest BCUT2D eigenvalue weighted by molar-refractivity contribution is -0.137. The number of carbonyl (C=O) groups excluding carboxylic acids is 1. The molecule has 2 N–H and O–H groups in total. The van der Waals surface area contributed by atoms with E-state index in [1.807, 2.05) is 0 Å². The van der Waals surface area contributed by atoms with Gasteiger partial charge in [0.15, 0.2) is 0 Å². The van der Waals surface area contributed by atoms with E-state index in [1.165, 1.54) is 35.5 Å². The number of nitrogens with zero attached hydrogens (tertiary/aromatic N) is 3. The first-order chi connectivity index (χ1) is 13.2. The van der Waals surface area contributed by atoms with Gasteiger partial charge in [-0.2, -0.15) is 18.3 Å². The molecular formula is C17H12ClF4N5O. The molecule has 3 rings (SSSR count). The summed E-state index contributed by atoms with van der Waals surface area (Å²) in [6.07, 6.45) is -2.11. The van der Waals surface area contributed by atoms with Gasteiger partial charge in [-0.05, 0) is 36.4 Å². The second-order valence-electron chi connectivity index (χ2n) is 5.60. The van der Waals surface area contributed by atoms with Crippen molar-refractivity contribution in [2.45, 2.75) is 6.18 Å². The third kappa shape index (κ3) is 4.58. The molecule has 0 bridgehead atoms. The van der Waals surface area contributed by atoms with Gasteiger partial charge in [-0.3, -0.25) is 4.79 Å². The molecule has 6 nitrogen and oxygen atoms in total. The van der Waals surface area contributed by atoms with E-state index in [4.69, 9.17) is 11.6 Å². The fraction of sp³-hybridized carbons (Fsp3) is 0.118. The third-order valence-electron chi connectivity index (χ3n) is 3.63. The summed E-state index contributed by atoms with van der Waals surface area (Å²) in [5.41, 5.74) is -0.844. The Morgan fingerprint density at radius 3 is 2.57 bits per heavy atom. The predicted molar refractivity (Wildman–Crippen MR) is 94.9 cm³/mol. The molecule has 0 aliphatic carbocycles. The van der Waals surface area contributed by atoms with Crippen LogP contribution in [0.4, 0.5) is 28.9 Å². The number of aromatic nitrogens is 3. The van der Waals surface area contributed by atoms with Gasteiger partial charge in [-0.15, -0.1) is 0 Å². The summed E-state index contributed by atoms with van der Waals surface area (Å²) in [5.74, 6) is -1.35. The highest BCUT2D eigenvalue weighted by Crippen LogP contribution is 2.33. The molecule has 0 aliphatic heterocycles. The minimum Gasteiger partial charge on any atom is -0.374 e. The van der Waals surface area contributed by atoms with Crippen molar-refractivity contribution in [1.29, 1.82) is 0 Å². The summed E-state index contributed by atoms with van der Waals surface area (Å²) >= 11 is 5.65. The molecule has 0 aliphatic rings. The molecule has 2 aromatic carbocycles. The summed E-state index contributed by atoms with van der Waals surface area (Å²) in [6, 6.07) is 6.67. The summed E-state index contributed by atoms with van der Waals surface area (Å²) in [4.78, 5) is 15.9. The molecule has 0 fully saturated rings. The standard InChI is InChI=1S/C17H12ClF4N5O/c18-11-2-3-13(12(19)6-11)24-7-16(28)26-14-5-10(17(20,21)22)1-4-15(14)27-9-23-8-25-27/h1-6,8-9,24H,7H2,(H,26,28). The van der Waals surface area contributed by atoms with Gasteiger partial charge < -0.3 is 10.6 Å². The van der Waals surface area contributed by atoms with Crippen LogP contribution >= 0.6 is 11.6 Å². The van der Waals surface area contributed by atoms with Crippen LogP contribution in [0.3, 0.4) is 0 Å². The van der Waals surface area contributed by atoms with Crippen molar-refractivity contribution in [3.05, 3.63) is 65.5 Å². The van der Waals surface area contributed by atoms with E-state index >= 15 is 0 Å². The van der Waals surface area contributed by atoms with Crippen molar-refractivity contribution in [2.75, 3.05) is 17.2 Å². The minimum atomic E-state index is -4.59. The van der Waals surface area contributed by atoms with Crippen molar-refractivity contribution in [1.82, 2.24) is 14.8 Å². The van der Waals surface area contributed by atoms with Crippen LogP contribution in [0.15, 0.2) is 49.1 Å². The Bertz CT molecular complexity index is 992. The molecule has 0 radical (unpaired) electrons. The molecule has 11 heteroatoms. The van der Waals surface area contributed by atoms with E-state index in [0.717, 1.165) is 18.2 Å². The highest BCUT2D eigenvalue weighted by Gasteiger charge is 2.31. The Labute approximate surface area is 161 Å². The van der Waals surface area contributed by atoms with Crippen LogP contribution in [0.2, 0.25) is 5.02 Å². The molecule has 0 atom stereocenters. The number of alkyl halides is 3. The van der Waals surface area contributed by atoms with E-state index < -0.39 is 23.5 Å². The zero-order valence-corrected chi connectivity index (χ0v) is 14.7. The number of nitrogens with one attached hydrogen (secondary N) is 2. The van der Waals surface area contributed by atoms with Gasteiger partial charge in [0.05, 0.1) is 29.2 Å². The topological polar surface area (TPSA) is 71.8 Å². The van der Waals surface area contributed by atoms with E-state index in [2.05, 4.69) is 20.7 Å². The van der Waals surface area contributed by atoms with Gasteiger partial charge in [-0.25, -0.2) is 14.1 Å². The van der Waals surface area contributed by atoms with Crippen molar-refractivity contribution in [2.24, 2.45) is 0 Å². The lowest BCUT2D eigenvalue weighted by Crippen LogP contribution is -2.23.